The van der Waals surface area contributed by atoms with Gasteiger partial charge in [0.15, 0.2) is 43.2 Å². The van der Waals surface area contributed by atoms with Crippen molar-refractivity contribution in [2.24, 2.45) is 11.8 Å². The zero-order valence-electron chi connectivity index (χ0n) is 49.8. The molecule has 0 radical (unpaired) electrons. The van der Waals surface area contributed by atoms with Crippen molar-refractivity contribution in [3.8, 4) is 17.2 Å². The Morgan fingerprint density at radius 1 is 0.726 bits per heavy atom. The van der Waals surface area contributed by atoms with Crippen LogP contribution in [0, 0.1) is 18.8 Å². The molecule has 6 aliphatic rings. The van der Waals surface area contributed by atoms with Crippen molar-refractivity contribution in [2.75, 3.05) is 7.11 Å². The zero-order valence-corrected chi connectivity index (χ0v) is 49.8. The first-order valence-corrected chi connectivity index (χ1v) is 29.3. The van der Waals surface area contributed by atoms with Crippen LogP contribution in [0.15, 0.2) is 12.1 Å². The fourth-order valence-corrected chi connectivity index (χ4v) is 12.8. The normalized spacial score (nSPS) is 39.8. The van der Waals surface area contributed by atoms with Gasteiger partial charge < -0.3 is 108 Å². The van der Waals surface area contributed by atoms with E-state index in [2.05, 4.69) is 0 Å². The number of carbonyl (C=O) groups is 3. The molecule has 1 aliphatic carbocycles. The number of esters is 2. The molecule has 2 aromatic rings. The summed E-state index contributed by atoms with van der Waals surface area (Å²) in [7, 11) is 1.40. The predicted molar refractivity (Wildman–Crippen MR) is 291 cm³/mol. The Labute approximate surface area is 488 Å². The summed E-state index contributed by atoms with van der Waals surface area (Å²) < 4.78 is 79.7. The SMILES string of the molecule is CCCC(=O)OC1C(C)OC(OC2CC(OC3CC(OC4C(=O)c5c(cc6cc(OC7CC(OC8CC(O)C(O)C(C)O8)C(OC(C)=O)C(C)O7)c(C)c(O)c6c5O)CC4C(OC)C(C)C(O)C(C)O)OC(C)C3O)OC(C)C2O)CC1(C)O. The third-order valence-electron chi connectivity index (χ3n) is 17.4. The van der Waals surface area contributed by atoms with Crippen molar-refractivity contribution in [3.63, 3.8) is 0 Å². The van der Waals surface area contributed by atoms with Crippen molar-refractivity contribution >= 4 is 28.5 Å². The van der Waals surface area contributed by atoms with Gasteiger partial charge in [-0.1, -0.05) is 13.8 Å². The summed E-state index contributed by atoms with van der Waals surface area (Å²) in [5.41, 5.74) is -1.22. The molecule has 9 N–H and O–H groups in total. The number of Topliss-reactive ketones (excluding diaryl/α,β-unsaturated/α-hetero) is 1. The van der Waals surface area contributed by atoms with Crippen LogP contribution in [0.25, 0.3) is 10.8 Å². The molecular weight excluding hydrogens is 1110 g/mol. The molecule has 5 fully saturated rings. The highest BCUT2D eigenvalue weighted by Gasteiger charge is 2.52. The van der Waals surface area contributed by atoms with Gasteiger partial charge in [0, 0.05) is 70.0 Å². The van der Waals surface area contributed by atoms with Crippen LogP contribution in [0.3, 0.4) is 0 Å². The van der Waals surface area contributed by atoms with Gasteiger partial charge in [-0.2, -0.15) is 0 Å². The Hall–Kier alpha value is -3.97. The number of methoxy groups -OCH3 is 1. The van der Waals surface area contributed by atoms with Crippen LogP contribution in [0.5, 0.6) is 17.2 Å². The van der Waals surface area contributed by atoms with Gasteiger partial charge in [0.1, 0.15) is 53.4 Å². The van der Waals surface area contributed by atoms with E-state index >= 15 is 4.79 Å². The molecule has 0 amide bonds. The van der Waals surface area contributed by atoms with E-state index in [1.54, 1.807) is 60.6 Å². The van der Waals surface area contributed by atoms with E-state index in [-0.39, 0.29) is 72.6 Å². The maximum atomic E-state index is 15.3. The van der Waals surface area contributed by atoms with Crippen LogP contribution < -0.4 is 4.74 Å². The van der Waals surface area contributed by atoms with Gasteiger partial charge in [-0.3, -0.25) is 14.4 Å². The number of rotatable bonds is 19. The summed E-state index contributed by atoms with van der Waals surface area (Å²) in [6, 6.07) is 3.19. The second-order valence-corrected chi connectivity index (χ2v) is 24.1. The molecular formula is C59H88O25. The fraction of sp³-hybridized carbons (Fsp3) is 0.780. The number of ether oxygens (including phenoxy) is 13. The topological polar surface area (TPSA) is 353 Å². The number of ketones is 1. The lowest BCUT2D eigenvalue weighted by Gasteiger charge is -2.47. The number of hydrogen-bond donors (Lipinski definition) is 9. The first-order chi connectivity index (χ1) is 39.5. The Balaban J connectivity index is 1.03. The van der Waals surface area contributed by atoms with E-state index < -0.39 is 188 Å². The Morgan fingerprint density at radius 2 is 1.27 bits per heavy atom. The van der Waals surface area contributed by atoms with Gasteiger partial charge in [0.05, 0.1) is 78.1 Å². The zero-order chi connectivity index (χ0) is 61.5. The number of aliphatic hydroxyl groups excluding tert-OH is 6. The molecule has 0 bridgehead atoms. The fourth-order valence-electron chi connectivity index (χ4n) is 12.8. The van der Waals surface area contributed by atoms with Gasteiger partial charge in [0.2, 0.25) is 6.29 Å². The Morgan fingerprint density at radius 3 is 1.85 bits per heavy atom. The maximum absolute atomic E-state index is 15.3. The summed E-state index contributed by atoms with van der Waals surface area (Å²) in [5.74, 6) is -4.38. The number of aromatic hydroxyl groups is 2. The summed E-state index contributed by atoms with van der Waals surface area (Å²) >= 11 is 0. The van der Waals surface area contributed by atoms with Crippen molar-refractivity contribution in [3.05, 3.63) is 28.8 Å². The first kappa shape index (κ1) is 66.0. The molecule has 0 spiro atoms. The summed E-state index contributed by atoms with van der Waals surface area (Å²) in [5, 5.41) is 101. The summed E-state index contributed by atoms with van der Waals surface area (Å²) in [6.07, 6.45) is -23.7. The molecule has 25 heteroatoms. The smallest absolute Gasteiger partial charge is 0.306 e. The van der Waals surface area contributed by atoms with Crippen LogP contribution >= 0.6 is 0 Å². The van der Waals surface area contributed by atoms with Crippen molar-refractivity contribution in [1.29, 1.82) is 0 Å². The average Bonchev–Trinajstić information content (AvgIpc) is 3.24. The molecule has 5 aliphatic heterocycles. The minimum absolute atomic E-state index is 0.0191. The quantitative estimate of drug-likeness (QED) is 0.0913. The molecule has 8 rings (SSSR count). The molecule has 0 aromatic heterocycles. The van der Waals surface area contributed by atoms with Gasteiger partial charge in [-0.25, -0.2) is 0 Å². The molecule has 474 valence electrons. The number of fused-ring (bicyclic) bond motifs is 2. The first-order valence-electron chi connectivity index (χ1n) is 29.3. The Kier molecular flexibility index (Phi) is 21.4. The third-order valence-corrected chi connectivity index (χ3v) is 17.4. The molecule has 5 heterocycles. The molecule has 26 atom stereocenters. The second kappa shape index (κ2) is 27.2. The van der Waals surface area contributed by atoms with E-state index in [0.717, 1.165) is 0 Å². The molecule has 26 unspecified atom stereocenters. The van der Waals surface area contributed by atoms with Crippen molar-refractivity contribution in [1.82, 2.24) is 0 Å². The van der Waals surface area contributed by atoms with Crippen LogP contribution in [0.4, 0.5) is 0 Å². The predicted octanol–water partition coefficient (Wildman–Crippen LogP) is 2.74. The monoisotopic (exact) mass is 1200 g/mol. The van der Waals surface area contributed by atoms with Gasteiger partial charge in [-0.05, 0) is 91.3 Å². The largest absolute Gasteiger partial charge is 0.507 e. The van der Waals surface area contributed by atoms with Gasteiger partial charge in [-0.15, -0.1) is 0 Å². The van der Waals surface area contributed by atoms with E-state index in [1.165, 1.54) is 27.9 Å². The van der Waals surface area contributed by atoms with E-state index in [4.69, 9.17) is 61.6 Å². The summed E-state index contributed by atoms with van der Waals surface area (Å²) in [6.45, 7) is 17.3. The minimum atomic E-state index is -1.54. The van der Waals surface area contributed by atoms with Crippen molar-refractivity contribution in [2.45, 2.75) is 274 Å². The summed E-state index contributed by atoms with van der Waals surface area (Å²) in [4.78, 5) is 39.9. The highest BCUT2D eigenvalue weighted by Crippen LogP contribution is 2.48. The number of phenolic OH excluding ortho intramolecular Hbond substituents is 2. The van der Waals surface area contributed by atoms with Gasteiger partial charge in [0.25, 0.3) is 0 Å². The number of hydrogen-bond acceptors (Lipinski definition) is 25. The number of phenols is 2. The van der Waals surface area contributed by atoms with Crippen LogP contribution in [0.1, 0.15) is 136 Å². The number of benzene rings is 2. The standard InChI is InChI=1S/C59H88O25/c1-13-14-40(63)83-58-30(9)77-45(22-59(58,11)71)81-38-19-42(74-27(6)52(38)68)80-37-20-44(75-28(7)51(37)67)84-57-34(55(72-12)24(3)48(64)25(4)60)16-32-15-33-17-36(23(2)49(65)46(33)53(69)47(32)54(57)70)79-43-21-39(56(29(8)76-43)78-31(10)61)82-41-18-35(62)50(66)26(5)73-41/h15,17,24-30,34-35,37-39,41-45,48,50-52,55-58,60,62,64-69,71H,13-14,16,18-22H2,1-12H3. The number of carbonyl (C=O) groups excluding carboxylic acids is 3. The molecule has 0 saturated carbocycles. The lowest BCUT2D eigenvalue weighted by molar-refractivity contribution is -0.334. The number of aliphatic hydroxyl groups is 7. The second-order valence-electron chi connectivity index (χ2n) is 24.1. The van der Waals surface area contributed by atoms with Crippen LogP contribution in [0.2, 0.25) is 0 Å². The average molecular weight is 1200 g/mol. The Bertz CT molecular complexity index is 2590. The molecule has 84 heavy (non-hydrogen) atoms. The molecule has 5 saturated heterocycles. The molecule has 2 aromatic carbocycles. The highest BCUT2D eigenvalue weighted by molar-refractivity contribution is 6.11. The van der Waals surface area contributed by atoms with Crippen molar-refractivity contribution < 1.29 is 122 Å². The maximum Gasteiger partial charge on any atom is 0.306 e. The van der Waals surface area contributed by atoms with Crippen LogP contribution in [-0.2, 0) is 72.9 Å². The van der Waals surface area contributed by atoms with Gasteiger partial charge >= 0.3 is 11.9 Å². The van der Waals surface area contributed by atoms with E-state index in [0.29, 0.717) is 12.0 Å². The molecule has 25 nitrogen and oxygen atoms in total. The lowest BCUT2D eigenvalue weighted by atomic mass is 9.72. The highest BCUT2D eigenvalue weighted by atomic mass is 16.7. The minimum Gasteiger partial charge on any atom is -0.507 e. The lowest BCUT2D eigenvalue weighted by Crippen LogP contribution is -2.59. The van der Waals surface area contributed by atoms with Crippen LogP contribution in [-0.4, -0.2) is 218 Å². The third kappa shape index (κ3) is 14.3. The van der Waals surface area contributed by atoms with E-state index in [1.807, 2.05) is 6.92 Å². The van der Waals surface area contributed by atoms with E-state index in [9.17, 15) is 55.5 Å².